The third-order valence-corrected chi connectivity index (χ3v) is 2.72. The first-order valence-electron chi connectivity index (χ1n) is 4.66. The van der Waals surface area contributed by atoms with Crippen LogP contribution in [-0.4, -0.2) is 24.4 Å². The molecule has 0 fully saturated rings. The van der Waals surface area contributed by atoms with Gasteiger partial charge in [-0.15, -0.1) is 0 Å². The number of hydrogen-bond donors (Lipinski definition) is 0. The Morgan fingerprint density at radius 3 is 2.43 bits per heavy atom. The van der Waals surface area contributed by atoms with E-state index in [4.69, 9.17) is 0 Å². The molecule has 0 spiro atoms. The predicted molar refractivity (Wildman–Crippen MR) is 66.4 cm³/mol. The predicted octanol–water partition coefficient (Wildman–Crippen LogP) is 2.77. The van der Waals surface area contributed by atoms with E-state index in [1.807, 2.05) is 31.3 Å². The summed E-state index contributed by atoms with van der Waals surface area (Å²) in [5.74, 6) is 0.100. The van der Waals surface area contributed by atoms with Crippen molar-refractivity contribution in [1.82, 2.24) is 4.90 Å². The molecular weight excluding hydrogens is 289 g/mol. The zero-order valence-corrected chi connectivity index (χ0v) is 10.6. The van der Waals surface area contributed by atoms with Crippen LogP contribution < -0.4 is 0 Å². The van der Waals surface area contributed by atoms with Crippen molar-refractivity contribution in [2.75, 3.05) is 13.6 Å². The van der Waals surface area contributed by atoms with E-state index in [9.17, 15) is 4.79 Å². The second kappa shape index (κ2) is 5.34. The molecule has 0 heterocycles. The average molecular weight is 303 g/mol. The topological polar surface area (TPSA) is 20.3 Å². The first kappa shape index (κ1) is 11.5. The zero-order chi connectivity index (χ0) is 10.6. The fraction of sp³-hybridized carbons (Fsp3) is 0.364. The van der Waals surface area contributed by atoms with Crippen molar-refractivity contribution < 1.29 is 4.79 Å². The number of carbonyl (C=O) groups excluding carboxylic acids is 1. The van der Waals surface area contributed by atoms with E-state index in [1.165, 1.54) is 0 Å². The number of nitrogens with zero attached hydrogens (tertiary/aromatic N) is 1. The van der Waals surface area contributed by atoms with Crippen molar-refractivity contribution in [3.8, 4) is 0 Å². The van der Waals surface area contributed by atoms with Gasteiger partial charge >= 0.3 is 0 Å². The molecule has 0 saturated carbocycles. The van der Waals surface area contributed by atoms with Gasteiger partial charge in [-0.3, -0.25) is 4.79 Å². The Morgan fingerprint density at radius 1 is 1.36 bits per heavy atom. The van der Waals surface area contributed by atoms with E-state index >= 15 is 0 Å². The summed E-state index contributed by atoms with van der Waals surface area (Å²) in [5, 5.41) is 0. The van der Waals surface area contributed by atoms with Crippen LogP contribution in [0.1, 0.15) is 23.7 Å². The van der Waals surface area contributed by atoms with Gasteiger partial charge in [0, 0.05) is 22.7 Å². The Labute approximate surface area is 98.4 Å². The van der Waals surface area contributed by atoms with Crippen molar-refractivity contribution in [3.05, 3.63) is 33.4 Å². The molecule has 0 aliphatic rings. The smallest absolute Gasteiger partial charge is 0.253 e. The molecule has 14 heavy (non-hydrogen) atoms. The van der Waals surface area contributed by atoms with Crippen molar-refractivity contribution in [2.24, 2.45) is 0 Å². The Balaban J connectivity index is 2.74. The molecule has 0 atom stereocenters. The Kier molecular flexibility index (Phi) is 4.38. The minimum atomic E-state index is 0.100. The lowest BCUT2D eigenvalue weighted by Gasteiger charge is -2.15. The minimum absolute atomic E-state index is 0.100. The first-order chi connectivity index (χ1) is 6.65. The van der Waals surface area contributed by atoms with E-state index in [-0.39, 0.29) is 5.91 Å². The van der Waals surface area contributed by atoms with Gasteiger partial charge in [0.1, 0.15) is 0 Å². The maximum atomic E-state index is 11.8. The van der Waals surface area contributed by atoms with E-state index in [0.29, 0.717) is 0 Å². The molecule has 0 unspecified atom stereocenters. The van der Waals surface area contributed by atoms with Gasteiger partial charge in [0.15, 0.2) is 0 Å². The van der Waals surface area contributed by atoms with Gasteiger partial charge in [-0.25, -0.2) is 0 Å². The molecule has 0 aliphatic heterocycles. The van der Waals surface area contributed by atoms with Crippen LogP contribution >= 0.6 is 22.6 Å². The van der Waals surface area contributed by atoms with Crippen LogP contribution in [-0.2, 0) is 0 Å². The summed E-state index contributed by atoms with van der Waals surface area (Å²) in [7, 11) is 1.84. The summed E-state index contributed by atoms with van der Waals surface area (Å²) in [6.07, 6.45) is 0.993. The van der Waals surface area contributed by atoms with Gasteiger partial charge in [0.05, 0.1) is 0 Å². The highest BCUT2D eigenvalue weighted by Gasteiger charge is 2.09. The fourth-order valence-electron chi connectivity index (χ4n) is 1.25. The maximum Gasteiger partial charge on any atom is 0.253 e. The number of hydrogen-bond acceptors (Lipinski definition) is 1. The van der Waals surface area contributed by atoms with E-state index in [0.717, 1.165) is 22.1 Å². The molecule has 1 aromatic rings. The van der Waals surface area contributed by atoms with Crippen LogP contribution in [0, 0.1) is 3.57 Å². The van der Waals surface area contributed by atoms with Crippen molar-refractivity contribution >= 4 is 28.5 Å². The van der Waals surface area contributed by atoms with Gasteiger partial charge in [0.25, 0.3) is 5.91 Å². The number of rotatable bonds is 3. The summed E-state index contributed by atoms with van der Waals surface area (Å²) in [6.45, 7) is 2.88. The Bertz CT molecular complexity index is 308. The Hall–Kier alpha value is -0.580. The number of amides is 1. The second-order valence-electron chi connectivity index (χ2n) is 3.23. The highest BCUT2D eigenvalue weighted by atomic mass is 127. The molecule has 0 saturated heterocycles. The van der Waals surface area contributed by atoms with Gasteiger partial charge in [0.2, 0.25) is 0 Å². The van der Waals surface area contributed by atoms with Crippen LogP contribution in [0.5, 0.6) is 0 Å². The molecule has 0 aromatic heterocycles. The van der Waals surface area contributed by atoms with Gasteiger partial charge < -0.3 is 4.90 Å². The summed E-state index contributed by atoms with van der Waals surface area (Å²) in [5.41, 5.74) is 0.765. The van der Waals surface area contributed by atoms with Crippen molar-refractivity contribution in [1.29, 1.82) is 0 Å². The quantitative estimate of drug-likeness (QED) is 0.786. The monoisotopic (exact) mass is 303 g/mol. The SMILES string of the molecule is CCCN(C)C(=O)c1ccc(I)cc1. The molecule has 76 valence electrons. The fourth-order valence-corrected chi connectivity index (χ4v) is 1.61. The molecule has 0 bridgehead atoms. The normalized spacial score (nSPS) is 9.93. The van der Waals surface area contributed by atoms with E-state index in [1.54, 1.807) is 4.90 Å². The number of halogens is 1. The standard InChI is InChI=1S/C11H14INO/c1-3-8-13(2)11(14)9-4-6-10(12)7-5-9/h4-7H,3,8H2,1-2H3. The third-order valence-electron chi connectivity index (χ3n) is 2.00. The minimum Gasteiger partial charge on any atom is -0.342 e. The van der Waals surface area contributed by atoms with Crippen LogP contribution in [0.25, 0.3) is 0 Å². The summed E-state index contributed by atoms with van der Waals surface area (Å²) < 4.78 is 1.15. The number of benzene rings is 1. The second-order valence-corrected chi connectivity index (χ2v) is 4.48. The molecule has 1 amide bonds. The van der Waals surface area contributed by atoms with E-state index < -0.39 is 0 Å². The van der Waals surface area contributed by atoms with Gasteiger partial charge in [-0.05, 0) is 53.3 Å². The lowest BCUT2D eigenvalue weighted by Crippen LogP contribution is -2.27. The lowest BCUT2D eigenvalue weighted by atomic mass is 10.2. The molecule has 0 N–H and O–H groups in total. The van der Waals surface area contributed by atoms with Gasteiger partial charge in [-0.2, -0.15) is 0 Å². The van der Waals surface area contributed by atoms with Crippen LogP contribution in [0.2, 0.25) is 0 Å². The largest absolute Gasteiger partial charge is 0.342 e. The number of carbonyl (C=O) groups is 1. The zero-order valence-electron chi connectivity index (χ0n) is 8.46. The van der Waals surface area contributed by atoms with Crippen molar-refractivity contribution in [2.45, 2.75) is 13.3 Å². The lowest BCUT2D eigenvalue weighted by molar-refractivity contribution is 0.0795. The summed E-state index contributed by atoms with van der Waals surface area (Å²) in [4.78, 5) is 13.5. The molecule has 0 aliphatic carbocycles. The van der Waals surface area contributed by atoms with Gasteiger partial charge in [-0.1, -0.05) is 6.92 Å². The molecule has 2 nitrogen and oxygen atoms in total. The molecule has 0 radical (unpaired) electrons. The van der Waals surface area contributed by atoms with Crippen LogP contribution in [0.3, 0.4) is 0 Å². The third kappa shape index (κ3) is 2.97. The first-order valence-corrected chi connectivity index (χ1v) is 5.74. The molecule has 1 aromatic carbocycles. The Morgan fingerprint density at radius 2 is 1.93 bits per heavy atom. The van der Waals surface area contributed by atoms with Crippen LogP contribution in [0.4, 0.5) is 0 Å². The highest BCUT2D eigenvalue weighted by molar-refractivity contribution is 14.1. The highest BCUT2D eigenvalue weighted by Crippen LogP contribution is 2.08. The average Bonchev–Trinajstić information content (AvgIpc) is 2.18. The van der Waals surface area contributed by atoms with Crippen molar-refractivity contribution in [3.63, 3.8) is 0 Å². The summed E-state index contributed by atoms with van der Waals surface area (Å²) >= 11 is 2.23. The van der Waals surface area contributed by atoms with Crippen LogP contribution in [0.15, 0.2) is 24.3 Å². The molecule has 1 rings (SSSR count). The molecular formula is C11H14INO. The maximum absolute atomic E-state index is 11.8. The van der Waals surface area contributed by atoms with E-state index in [2.05, 4.69) is 29.5 Å². The summed E-state index contributed by atoms with van der Waals surface area (Å²) in [6, 6.07) is 7.65. The molecule has 3 heteroatoms.